The van der Waals surface area contributed by atoms with Crippen LogP contribution in [-0.4, -0.2) is 0 Å². The van der Waals surface area contributed by atoms with Gasteiger partial charge in [-0.1, -0.05) is 46.0 Å². The fourth-order valence-electron chi connectivity index (χ4n) is 1.80. The molecule has 65 valence electrons. The van der Waals surface area contributed by atoms with Crippen LogP contribution in [0, 0.1) is 19.3 Å². The van der Waals surface area contributed by atoms with Crippen molar-refractivity contribution in [2.45, 2.75) is 46.0 Å². The fourth-order valence-corrected chi connectivity index (χ4v) is 1.80. The summed E-state index contributed by atoms with van der Waals surface area (Å²) in [7, 11) is 0. The summed E-state index contributed by atoms with van der Waals surface area (Å²) in [6.07, 6.45) is 7.46. The molecule has 1 heteroatoms. The van der Waals surface area contributed by atoms with E-state index in [9.17, 15) is 0 Å². The molecule has 1 radical (unpaired) electrons. The van der Waals surface area contributed by atoms with Gasteiger partial charge in [-0.15, -0.1) is 0 Å². The van der Waals surface area contributed by atoms with Gasteiger partial charge in [0.1, 0.15) is 0 Å². The van der Waals surface area contributed by atoms with E-state index in [1.165, 1.54) is 32.1 Å². The fraction of sp³-hybridized carbons (Fsp3) is 0.900. The number of hydrogen-bond acceptors (Lipinski definition) is 0. The maximum Gasteiger partial charge on any atom is 0 e. The maximum absolute atomic E-state index is 2.36. The molecule has 0 bridgehead atoms. The van der Waals surface area contributed by atoms with E-state index in [2.05, 4.69) is 13.8 Å². The van der Waals surface area contributed by atoms with Crippen LogP contribution in [0.5, 0.6) is 0 Å². The molecule has 1 aliphatic rings. The van der Waals surface area contributed by atoms with Crippen molar-refractivity contribution in [1.29, 1.82) is 0 Å². The van der Waals surface area contributed by atoms with Crippen LogP contribution in [0.2, 0.25) is 0 Å². The summed E-state index contributed by atoms with van der Waals surface area (Å²) in [6.45, 7) is 4.71. The maximum atomic E-state index is 2.36. The molecule has 0 atom stereocenters. The summed E-state index contributed by atoms with van der Waals surface area (Å²) in [5.41, 5.74) is 0. The summed E-state index contributed by atoms with van der Waals surface area (Å²) < 4.78 is 0. The quantitative estimate of drug-likeness (QED) is 0.603. The van der Waals surface area contributed by atoms with Gasteiger partial charge in [0.15, 0.2) is 0 Å². The first-order valence-corrected chi connectivity index (χ1v) is 4.30. The molecule has 0 spiro atoms. The minimum atomic E-state index is 0. The molecule has 1 aliphatic carbocycles. The standard InChI is InChI=1S/C9H18.CH3.Y/c1-8(2)9-6-4-3-5-7-9;;/h8-9H,3-7H2,1-2H3;1H3;/q;-1;. The van der Waals surface area contributed by atoms with Crippen molar-refractivity contribution < 1.29 is 32.7 Å². The van der Waals surface area contributed by atoms with Gasteiger partial charge in [-0.2, -0.15) is 0 Å². The van der Waals surface area contributed by atoms with Crippen molar-refractivity contribution in [1.82, 2.24) is 0 Å². The second-order valence-electron chi connectivity index (χ2n) is 3.64. The zero-order chi connectivity index (χ0) is 6.69. The Kier molecular flexibility index (Phi) is 10.3. The van der Waals surface area contributed by atoms with E-state index in [0.29, 0.717) is 0 Å². The third-order valence-electron chi connectivity index (χ3n) is 2.59. The third-order valence-corrected chi connectivity index (χ3v) is 2.59. The van der Waals surface area contributed by atoms with Crippen LogP contribution in [0.1, 0.15) is 46.0 Å². The Hall–Kier alpha value is 1.10. The van der Waals surface area contributed by atoms with Gasteiger partial charge < -0.3 is 7.43 Å². The second-order valence-corrected chi connectivity index (χ2v) is 3.64. The van der Waals surface area contributed by atoms with Gasteiger partial charge in [-0.05, 0) is 11.8 Å². The second kappa shape index (κ2) is 7.74. The molecule has 0 amide bonds. The molecule has 0 aromatic heterocycles. The Labute approximate surface area is 97.4 Å². The molecule has 1 rings (SSSR count). The molecule has 0 aliphatic heterocycles. The largest absolute Gasteiger partial charge is 0.358 e. The summed E-state index contributed by atoms with van der Waals surface area (Å²) in [5, 5.41) is 0. The predicted octanol–water partition coefficient (Wildman–Crippen LogP) is 3.67. The van der Waals surface area contributed by atoms with Crippen LogP contribution in [0.25, 0.3) is 0 Å². The van der Waals surface area contributed by atoms with Crippen molar-refractivity contribution in [2.24, 2.45) is 11.8 Å². The van der Waals surface area contributed by atoms with Crippen LogP contribution < -0.4 is 0 Å². The zero-order valence-electron chi connectivity index (χ0n) is 8.27. The Morgan fingerprint density at radius 1 is 1.00 bits per heavy atom. The monoisotopic (exact) mass is 230 g/mol. The van der Waals surface area contributed by atoms with Gasteiger partial charge >= 0.3 is 0 Å². The molecule has 0 nitrogen and oxygen atoms in total. The molecule has 0 N–H and O–H groups in total. The Morgan fingerprint density at radius 2 is 1.45 bits per heavy atom. The smallest absolute Gasteiger partial charge is 0 e. The Balaban J connectivity index is 0. The van der Waals surface area contributed by atoms with Gasteiger partial charge in [0.25, 0.3) is 0 Å². The van der Waals surface area contributed by atoms with Gasteiger partial charge in [0, 0.05) is 32.7 Å². The van der Waals surface area contributed by atoms with Crippen molar-refractivity contribution in [3.63, 3.8) is 0 Å². The molecule has 0 aromatic carbocycles. The van der Waals surface area contributed by atoms with E-state index in [1.807, 2.05) is 0 Å². The summed E-state index contributed by atoms with van der Waals surface area (Å²) in [5.74, 6) is 1.99. The van der Waals surface area contributed by atoms with Gasteiger partial charge in [0.2, 0.25) is 0 Å². The Morgan fingerprint density at radius 3 is 1.73 bits per heavy atom. The van der Waals surface area contributed by atoms with E-state index in [1.54, 1.807) is 0 Å². The number of rotatable bonds is 1. The van der Waals surface area contributed by atoms with E-state index in [0.717, 1.165) is 11.8 Å². The molecule has 0 aromatic rings. The van der Waals surface area contributed by atoms with Crippen LogP contribution in [0.4, 0.5) is 0 Å². The van der Waals surface area contributed by atoms with Crippen molar-refractivity contribution >= 4 is 0 Å². The van der Waals surface area contributed by atoms with E-state index in [4.69, 9.17) is 0 Å². The van der Waals surface area contributed by atoms with Crippen LogP contribution in [0.3, 0.4) is 0 Å². The van der Waals surface area contributed by atoms with E-state index in [-0.39, 0.29) is 40.1 Å². The normalized spacial score (nSPS) is 18.8. The van der Waals surface area contributed by atoms with E-state index < -0.39 is 0 Å². The average Bonchev–Trinajstić information content (AvgIpc) is 1.90. The first kappa shape index (κ1) is 14.6. The molecule has 0 unspecified atom stereocenters. The van der Waals surface area contributed by atoms with Crippen LogP contribution in [-0.2, 0) is 32.7 Å². The molecule has 11 heavy (non-hydrogen) atoms. The van der Waals surface area contributed by atoms with Crippen molar-refractivity contribution in [3.8, 4) is 0 Å². The molecular weight excluding hydrogens is 209 g/mol. The summed E-state index contributed by atoms with van der Waals surface area (Å²) >= 11 is 0. The molecule has 0 heterocycles. The topological polar surface area (TPSA) is 0 Å². The summed E-state index contributed by atoms with van der Waals surface area (Å²) in [6, 6.07) is 0. The van der Waals surface area contributed by atoms with Crippen LogP contribution in [0.15, 0.2) is 0 Å². The molecular formula is C10H21Y-. The van der Waals surface area contributed by atoms with Gasteiger partial charge in [-0.3, -0.25) is 0 Å². The van der Waals surface area contributed by atoms with Gasteiger partial charge in [0.05, 0.1) is 0 Å². The first-order valence-electron chi connectivity index (χ1n) is 4.30. The number of hydrogen-bond donors (Lipinski definition) is 0. The van der Waals surface area contributed by atoms with Crippen LogP contribution >= 0.6 is 0 Å². The third kappa shape index (κ3) is 5.36. The molecule has 0 saturated heterocycles. The van der Waals surface area contributed by atoms with Crippen molar-refractivity contribution in [3.05, 3.63) is 7.43 Å². The minimum Gasteiger partial charge on any atom is -0.358 e. The molecule has 1 fully saturated rings. The zero-order valence-corrected chi connectivity index (χ0v) is 11.1. The van der Waals surface area contributed by atoms with E-state index >= 15 is 0 Å². The predicted molar refractivity (Wildman–Crippen MR) is 47.8 cm³/mol. The average molecular weight is 230 g/mol. The first-order chi connectivity index (χ1) is 4.30. The van der Waals surface area contributed by atoms with Crippen molar-refractivity contribution in [2.75, 3.05) is 0 Å². The SMILES string of the molecule is CC(C)C1CCCCC1.[CH3-].[Y]. The van der Waals surface area contributed by atoms with Gasteiger partial charge in [-0.25, -0.2) is 0 Å². The minimum absolute atomic E-state index is 0. The Bertz CT molecular complexity index is 72.9. The summed E-state index contributed by atoms with van der Waals surface area (Å²) in [4.78, 5) is 0. The molecule has 1 saturated carbocycles.